The van der Waals surface area contributed by atoms with E-state index in [0.29, 0.717) is 0 Å². The summed E-state index contributed by atoms with van der Waals surface area (Å²) in [6.07, 6.45) is 10.4. The second-order valence-corrected chi connectivity index (χ2v) is 7.77. The van der Waals surface area contributed by atoms with Gasteiger partial charge in [0, 0.05) is 19.3 Å². The molecule has 0 radical (unpaired) electrons. The molecule has 1 N–H and O–H groups in total. The SMILES string of the molecule is CNC(C1CCOCC1)C1C2CC3CC(C2)CC1C3. The van der Waals surface area contributed by atoms with Gasteiger partial charge in [-0.15, -0.1) is 0 Å². The first-order valence-electron chi connectivity index (χ1n) is 8.60. The summed E-state index contributed by atoms with van der Waals surface area (Å²) in [4.78, 5) is 0. The Hall–Kier alpha value is -0.0800. The summed E-state index contributed by atoms with van der Waals surface area (Å²) in [5.41, 5.74) is 0. The highest BCUT2D eigenvalue weighted by atomic mass is 16.5. The lowest BCUT2D eigenvalue weighted by Gasteiger charge is -2.57. The van der Waals surface area contributed by atoms with Crippen molar-refractivity contribution in [2.24, 2.45) is 35.5 Å². The van der Waals surface area contributed by atoms with Crippen LogP contribution in [0.1, 0.15) is 44.9 Å². The number of nitrogens with one attached hydrogen (secondary N) is 1. The Balaban J connectivity index is 1.53. The van der Waals surface area contributed by atoms with Crippen molar-refractivity contribution in [1.29, 1.82) is 0 Å². The highest BCUT2D eigenvalue weighted by Crippen LogP contribution is 2.58. The van der Waals surface area contributed by atoms with Gasteiger partial charge in [-0.1, -0.05) is 0 Å². The smallest absolute Gasteiger partial charge is 0.0469 e. The second kappa shape index (κ2) is 5.04. The maximum Gasteiger partial charge on any atom is 0.0469 e. The van der Waals surface area contributed by atoms with Crippen LogP contribution in [0.3, 0.4) is 0 Å². The highest BCUT2D eigenvalue weighted by molar-refractivity contribution is 5.02. The van der Waals surface area contributed by atoms with Gasteiger partial charge in [-0.05, 0) is 87.5 Å². The van der Waals surface area contributed by atoms with Gasteiger partial charge in [-0.25, -0.2) is 0 Å². The predicted octanol–water partition coefficient (Wildman–Crippen LogP) is 3.07. The maximum absolute atomic E-state index is 5.57. The van der Waals surface area contributed by atoms with Gasteiger partial charge in [0.25, 0.3) is 0 Å². The minimum absolute atomic E-state index is 0.777. The average molecular weight is 263 g/mol. The fourth-order valence-electron chi connectivity index (χ4n) is 6.37. The van der Waals surface area contributed by atoms with Crippen molar-refractivity contribution in [2.45, 2.75) is 51.0 Å². The zero-order chi connectivity index (χ0) is 12.8. The van der Waals surface area contributed by atoms with Gasteiger partial charge >= 0.3 is 0 Å². The molecular formula is C17H29NO. The second-order valence-electron chi connectivity index (χ2n) is 7.77. The Morgan fingerprint density at radius 1 is 0.895 bits per heavy atom. The first-order chi connectivity index (χ1) is 9.35. The molecule has 0 amide bonds. The van der Waals surface area contributed by atoms with E-state index in [4.69, 9.17) is 4.74 Å². The molecule has 1 heterocycles. The van der Waals surface area contributed by atoms with E-state index in [-0.39, 0.29) is 0 Å². The summed E-state index contributed by atoms with van der Waals surface area (Å²) in [5.74, 6) is 6.17. The van der Waals surface area contributed by atoms with E-state index in [2.05, 4.69) is 12.4 Å². The van der Waals surface area contributed by atoms with Gasteiger partial charge in [0.2, 0.25) is 0 Å². The molecular weight excluding hydrogens is 234 g/mol. The molecule has 5 rings (SSSR count). The quantitative estimate of drug-likeness (QED) is 0.845. The Kier molecular flexibility index (Phi) is 3.35. The zero-order valence-electron chi connectivity index (χ0n) is 12.3. The van der Waals surface area contributed by atoms with E-state index in [9.17, 15) is 0 Å². The molecule has 0 aromatic rings. The lowest BCUT2D eigenvalue weighted by molar-refractivity contribution is -0.0686. The fourth-order valence-corrected chi connectivity index (χ4v) is 6.37. The van der Waals surface area contributed by atoms with Gasteiger partial charge in [0.1, 0.15) is 0 Å². The van der Waals surface area contributed by atoms with Crippen LogP contribution in [-0.2, 0) is 4.74 Å². The van der Waals surface area contributed by atoms with Gasteiger partial charge < -0.3 is 10.1 Å². The first-order valence-corrected chi connectivity index (χ1v) is 8.60. The monoisotopic (exact) mass is 263 g/mol. The van der Waals surface area contributed by atoms with E-state index >= 15 is 0 Å². The summed E-state index contributed by atoms with van der Waals surface area (Å²) < 4.78 is 5.57. The molecule has 4 aliphatic carbocycles. The highest BCUT2D eigenvalue weighted by Gasteiger charge is 2.51. The topological polar surface area (TPSA) is 21.3 Å². The maximum atomic E-state index is 5.57. The Labute approximate surface area is 117 Å². The third-order valence-electron chi connectivity index (χ3n) is 6.82. The molecule has 1 atom stereocenters. The van der Waals surface area contributed by atoms with Gasteiger partial charge in [-0.2, -0.15) is 0 Å². The molecule has 0 spiro atoms. The Morgan fingerprint density at radius 2 is 1.47 bits per heavy atom. The summed E-state index contributed by atoms with van der Waals surface area (Å²) in [7, 11) is 2.21. The number of ether oxygens (including phenoxy) is 1. The molecule has 2 heteroatoms. The van der Waals surface area contributed by atoms with Crippen LogP contribution in [0.2, 0.25) is 0 Å². The molecule has 1 saturated heterocycles. The summed E-state index contributed by atoms with van der Waals surface area (Å²) in [5, 5.41) is 3.74. The van der Waals surface area contributed by atoms with Crippen molar-refractivity contribution in [3.8, 4) is 0 Å². The van der Waals surface area contributed by atoms with Crippen molar-refractivity contribution in [1.82, 2.24) is 5.32 Å². The lowest BCUT2D eigenvalue weighted by atomic mass is 9.49. The zero-order valence-corrected chi connectivity index (χ0v) is 12.3. The molecule has 108 valence electrons. The molecule has 1 unspecified atom stereocenters. The Morgan fingerprint density at radius 3 is 2.00 bits per heavy atom. The molecule has 5 aliphatic rings. The molecule has 0 aromatic heterocycles. The molecule has 5 fully saturated rings. The minimum atomic E-state index is 0.777. The van der Waals surface area contributed by atoms with Gasteiger partial charge in [0.15, 0.2) is 0 Å². The van der Waals surface area contributed by atoms with Crippen LogP contribution in [0, 0.1) is 35.5 Å². The van der Waals surface area contributed by atoms with Crippen LogP contribution in [0.5, 0.6) is 0 Å². The van der Waals surface area contributed by atoms with Crippen LogP contribution in [0.4, 0.5) is 0 Å². The van der Waals surface area contributed by atoms with E-state index in [1.807, 2.05) is 0 Å². The third-order valence-corrected chi connectivity index (χ3v) is 6.82. The van der Waals surface area contributed by atoms with Crippen LogP contribution in [0.15, 0.2) is 0 Å². The average Bonchev–Trinajstić information content (AvgIpc) is 2.43. The molecule has 4 bridgehead atoms. The summed E-state index contributed by atoms with van der Waals surface area (Å²) in [6, 6.07) is 0.777. The van der Waals surface area contributed by atoms with E-state index in [0.717, 1.165) is 54.8 Å². The fraction of sp³-hybridized carbons (Fsp3) is 1.00. The Bertz CT molecular complexity index is 295. The van der Waals surface area contributed by atoms with Crippen molar-refractivity contribution < 1.29 is 4.74 Å². The van der Waals surface area contributed by atoms with Crippen LogP contribution < -0.4 is 5.32 Å². The summed E-state index contributed by atoms with van der Waals surface area (Å²) >= 11 is 0. The summed E-state index contributed by atoms with van der Waals surface area (Å²) in [6.45, 7) is 1.99. The minimum Gasteiger partial charge on any atom is -0.381 e. The largest absolute Gasteiger partial charge is 0.381 e. The first kappa shape index (κ1) is 12.6. The molecule has 2 nitrogen and oxygen atoms in total. The number of hydrogen-bond acceptors (Lipinski definition) is 2. The van der Waals surface area contributed by atoms with E-state index < -0.39 is 0 Å². The third kappa shape index (κ3) is 2.15. The van der Waals surface area contributed by atoms with E-state index in [1.165, 1.54) is 12.8 Å². The normalized spacial score (nSPS) is 47.5. The molecule has 0 aromatic carbocycles. The van der Waals surface area contributed by atoms with E-state index in [1.54, 1.807) is 32.1 Å². The molecule has 1 aliphatic heterocycles. The van der Waals surface area contributed by atoms with Crippen molar-refractivity contribution in [3.63, 3.8) is 0 Å². The standard InChI is InChI=1S/C17H29NO/c1-18-17(13-2-4-19-5-3-13)16-14-7-11-6-12(9-14)10-15(16)8-11/h11-18H,2-10H2,1H3. The van der Waals surface area contributed by atoms with Crippen molar-refractivity contribution >= 4 is 0 Å². The number of hydrogen-bond donors (Lipinski definition) is 1. The predicted molar refractivity (Wildman–Crippen MR) is 76.9 cm³/mol. The van der Waals surface area contributed by atoms with Gasteiger partial charge in [0.05, 0.1) is 0 Å². The van der Waals surface area contributed by atoms with Crippen LogP contribution >= 0.6 is 0 Å². The number of rotatable bonds is 3. The van der Waals surface area contributed by atoms with Crippen LogP contribution in [-0.4, -0.2) is 26.3 Å². The van der Waals surface area contributed by atoms with Crippen LogP contribution in [0.25, 0.3) is 0 Å². The molecule has 19 heavy (non-hydrogen) atoms. The van der Waals surface area contributed by atoms with Crippen molar-refractivity contribution in [2.75, 3.05) is 20.3 Å². The van der Waals surface area contributed by atoms with Crippen molar-refractivity contribution in [3.05, 3.63) is 0 Å². The molecule has 4 saturated carbocycles. The lowest BCUT2D eigenvalue weighted by Crippen LogP contribution is -2.55. The van der Waals surface area contributed by atoms with Gasteiger partial charge in [-0.3, -0.25) is 0 Å².